The van der Waals surface area contributed by atoms with Gasteiger partial charge in [-0.2, -0.15) is 0 Å². The number of hydrogen-bond acceptors (Lipinski definition) is 2. The minimum absolute atomic E-state index is 0.204. The first-order valence-corrected chi connectivity index (χ1v) is 7.78. The van der Waals surface area contributed by atoms with Crippen LogP contribution >= 0.6 is 0 Å². The highest BCUT2D eigenvalue weighted by Gasteiger charge is 2.32. The zero-order valence-corrected chi connectivity index (χ0v) is 13.6. The van der Waals surface area contributed by atoms with Crippen LogP contribution in [0.3, 0.4) is 0 Å². The molecule has 1 atom stereocenters. The predicted octanol–water partition coefficient (Wildman–Crippen LogP) is 4.84. The summed E-state index contributed by atoms with van der Waals surface area (Å²) in [5.74, 6) is 0. The van der Waals surface area contributed by atoms with Crippen LogP contribution in [0.4, 0.5) is 0 Å². The first-order chi connectivity index (χ1) is 10.2. The van der Waals surface area contributed by atoms with Crippen LogP contribution in [0.25, 0.3) is 0 Å². The Morgan fingerprint density at radius 3 is 2.52 bits per heavy atom. The Morgan fingerprint density at radius 1 is 1.29 bits per heavy atom. The summed E-state index contributed by atoms with van der Waals surface area (Å²) < 4.78 is 0. The second-order valence-corrected chi connectivity index (χ2v) is 5.25. The molecule has 1 N–H and O–H groups in total. The van der Waals surface area contributed by atoms with Crippen molar-refractivity contribution in [1.29, 1.82) is 0 Å². The highest BCUT2D eigenvalue weighted by atomic mass is 14.9. The number of rotatable bonds is 9. The van der Waals surface area contributed by atoms with Crippen LogP contribution in [-0.4, -0.2) is 13.8 Å². The molecule has 0 spiro atoms. The van der Waals surface area contributed by atoms with Crippen molar-refractivity contribution in [1.82, 2.24) is 5.32 Å². The van der Waals surface area contributed by atoms with Crippen molar-refractivity contribution < 1.29 is 0 Å². The summed E-state index contributed by atoms with van der Waals surface area (Å²) in [5.41, 5.74) is 2.23. The fourth-order valence-electron chi connectivity index (χ4n) is 2.81. The van der Waals surface area contributed by atoms with E-state index in [2.05, 4.69) is 66.4 Å². The lowest BCUT2D eigenvalue weighted by atomic mass is 9.78. The second-order valence-electron chi connectivity index (χ2n) is 5.25. The highest BCUT2D eigenvalue weighted by molar-refractivity contribution is 5.42. The molecular weight excluding hydrogens is 256 g/mol. The van der Waals surface area contributed by atoms with E-state index in [0.29, 0.717) is 0 Å². The van der Waals surface area contributed by atoms with Crippen molar-refractivity contribution >= 4 is 6.72 Å². The maximum absolute atomic E-state index is 4.02. The van der Waals surface area contributed by atoms with Gasteiger partial charge in [0.1, 0.15) is 0 Å². The zero-order chi connectivity index (χ0) is 15.6. The molecule has 0 radical (unpaired) electrons. The third-order valence-electron chi connectivity index (χ3n) is 3.92. The van der Waals surface area contributed by atoms with Crippen molar-refractivity contribution in [3.05, 3.63) is 59.8 Å². The lowest BCUT2D eigenvalue weighted by Gasteiger charge is -2.36. The van der Waals surface area contributed by atoms with Gasteiger partial charge in [0.05, 0.1) is 5.54 Å². The Balaban J connectivity index is 3.30. The van der Waals surface area contributed by atoms with Crippen LogP contribution in [0.15, 0.2) is 59.2 Å². The molecule has 0 bridgehead atoms. The first-order valence-electron chi connectivity index (χ1n) is 7.78. The van der Waals surface area contributed by atoms with Gasteiger partial charge < -0.3 is 5.32 Å². The van der Waals surface area contributed by atoms with Crippen molar-refractivity contribution in [2.24, 2.45) is 4.99 Å². The Kier molecular flexibility index (Phi) is 7.70. The molecule has 0 heterocycles. The lowest BCUT2D eigenvalue weighted by Crippen LogP contribution is -2.41. The largest absolute Gasteiger partial charge is 0.307 e. The molecule has 1 rings (SSSR count). The van der Waals surface area contributed by atoms with Crippen molar-refractivity contribution in [3.8, 4) is 0 Å². The van der Waals surface area contributed by atoms with Gasteiger partial charge in [-0.1, -0.05) is 68.7 Å². The van der Waals surface area contributed by atoms with Crippen molar-refractivity contribution in [3.63, 3.8) is 0 Å². The fraction of sp³-hybridized carbons (Fsp3) is 0.421. The summed E-state index contributed by atoms with van der Waals surface area (Å²) in [6.45, 7) is 7.90. The van der Waals surface area contributed by atoms with Gasteiger partial charge in [-0.3, -0.25) is 4.99 Å². The summed E-state index contributed by atoms with van der Waals surface area (Å²) >= 11 is 0. The summed E-state index contributed by atoms with van der Waals surface area (Å²) in [5, 5.41) is 3.55. The maximum Gasteiger partial charge on any atom is 0.0703 e. The van der Waals surface area contributed by atoms with E-state index in [-0.39, 0.29) is 5.54 Å². The van der Waals surface area contributed by atoms with Crippen LogP contribution in [0.1, 0.15) is 45.1 Å². The molecule has 0 fully saturated rings. The maximum atomic E-state index is 4.02. The Labute approximate surface area is 129 Å². The molecule has 114 valence electrons. The van der Waals surface area contributed by atoms with E-state index >= 15 is 0 Å². The van der Waals surface area contributed by atoms with Crippen LogP contribution < -0.4 is 5.32 Å². The van der Waals surface area contributed by atoms with Crippen molar-refractivity contribution in [2.75, 3.05) is 7.05 Å². The topological polar surface area (TPSA) is 24.4 Å². The number of hydrogen-bond donors (Lipinski definition) is 1. The number of nitrogens with zero attached hydrogens (tertiary/aromatic N) is 1. The predicted molar refractivity (Wildman–Crippen MR) is 93.8 cm³/mol. The molecule has 0 aliphatic heterocycles. The SMILES string of the molecule is C=N/C=C(\C=C/C)C(CCCCC)(NC)c1ccccc1. The van der Waals surface area contributed by atoms with Gasteiger partial charge in [0.25, 0.3) is 0 Å². The van der Waals surface area contributed by atoms with Gasteiger partial charge in [-0.25, -0.2) is 0 Å². The van der Waals surface area contributed by atoms with Crippen LogP contribution in [0, 0.1) is 0 Å². The normalized spacial score (nSPS) is 15.1. The van der Waals surface area contributed by atoms with Crippen LogP contribution in [0.5, 0.6) is 0 Å². The molecule has 2 nitrogen and oxygen atoms in total. The van der Waals surface area contributed by atoms with Gasteiger partial charge in [0.15, 0.2) is 0 Å². The van der Waals surface area contributed by atoms with Crippen molar-refractivity contribution in [2.45, 2.75) is 45.1 Å². The van der Waals surface area contributed by atoms with E-state index in [9.17, 15) is 0 Å². The van der Waals surface area contributed by atoms with Gasteiger partial charge in [0.2, 0.25) is 0 Å². The third-order valence-corrected chi connectivity index (χ3v) is 3.92. The van der Waals surface area contributed by atoms with Gasteiger partial charge >= 0.3 is 0 Å². The summed E-state index contributed by atoms with van der Waals surface area (Å²) in [6, 6.07) is 10.6. The van der Waals surface area contributed by atoms with E-state index in [1.807, 2.05) is 20.2 Å². The molecular formula is C19H28N2. The van der Waals surface area contributed by atoms with Gasteiger partial charge in [0, 0.05) is 6.20 Å². The lowest BCUT2D eigenvalue weighted by molar-refractivity contribution is 0.384. The molecule has 1 aromatic carbocycles. The Hall–Kier alpha value is -1.67. The smallest absolute Gasteiger partial charge is 0.0703 e. The molecule has 2 heteroatoms. The van der Waals surface area contributed by atoms with Gasteiger partial charge in [-0.05, 0) is 38.2 Å². The summed E-state index contributed by atoms with van der Waals surface area (Å²) in [6.07, 6.45) is 10.7. The van der Waals surface area contributed by atoms with E-state index in [4.69, 9.17) is 0 Å². The summed E-state index contributed by atoms with van der Waals surface area (Å²) in [7, 11) is 2.03. The minimum atomic E-state index is -0.204. The monoisotopic (exact) mass is 284 g/mol. The Bertz CT molecular complexity index is 474. The van der Waals surface area contributed by atoms with Gasteiger partial charge in [-0.15, -0.1) is 0 Å². The molecule has 0 saturated heterocycles. The zero-order valence-electron chi connectivity index (χ0n) is 13.6. The van der Waals surface area contributed by atoms with Crippen LogP contribution in [0.2, 0.25) is 0 Å². The van der Waals surface area contributed by atoms with E-state index < -0.39 is 0 Å². The fourth-order valence-corrected chi connectivity index (χ4v) is 2.81. The number of likely N-dealkylation sites (N-methyl/N-ethyl adjacent to an activating group) is 1. The standard InChI is InChI=1S/C19H28N2/c1-5-7-11-15-19(21-4,17-13-9-8-10-14-17)18(12-6-2)16-20-3/h6,8-10,12-14,16,21H,3,5,7,11,15H2,1-2,4H3/b12-6-,18-16+. The minimum Gasteiger partial charge on any atom is -0.307 e. The van der Waals surface area contributed by atoms with Crippen LogP contribution in [-0.2, 0) is 5.54 Å². The quantitative estimate of drug-likeness (QED) is 0.391. The molecule has 0 aromatic heterocycles. The number of nitrogens with one attached hydrogen (secondary N) is 1. The molecule has 1 unspecified atom stereocenters. The third kappa shape index (κ3) is 4.40. The molecule has 0 aliphatic rings. The average Bonchev–Trinajstić information content (AvgIpc) is 2.53. The highest BCUT2D eigenvalue weighted by Crippen LogP contribution is 2.35. The molecule has 1 aromatic rings. The number of unbranched alkanes of at least 4 members (excludes halogenated alkanes) is 2. The van der Waals surface area contributed by atoms with E-state index in [1.165, 1.54) is 24.8 Å². The number of allylic oxidation sites excluding steroid dienone is 1. The number of benzene rings is 1. The molecule has 0 saturated carbocycles. The van der Waals surface area contributed by atoms with E-state index in [0.717, 1.165) is 12.0 Å². The molecule has 0 amide bonds. The summed E-state index contributed by atoms with van der Waals surface area (Å²) in [4.78, 5) is 4.02. The molecule has 0 aliphatic carbocycles. The Morgan fingerprint density at radius 2 is 2.00 bits per heavy atom. The molecule has 21 heavy (non-hydrogen) atoms. The van der Waals surface area contributed by atoms with E-state index in [1.54, 1.807) is 0 Å². The first kappa shape index (κ1) is 17.4. The average molecular weight is 284 g/mol. The number of aliphatic imine (C=N–C) groups is 1. The second kappa shape index (κ2) is 9.30.